The number of benzene rings is 1. The molecular weight excluding hydrogens is 278 g/mol. The Morgan fingerprint density at radius 2 is 1.91 bits per heavy atom. The molecule has 2 rings (SSSR count). The molecule has 0 aliphatic rings. The van der Waals surface area contributed by atoms with Gasteiger partial charge in [0.25, 0.3) is 11.7 Å². The van der Waals surface area contributed by atoms with Crippen LogP contribution in [0, 0.1) is 0 Å². The summed E-state index contributed by atoms with van der Waals surface area (Å²) in [5, 5.41) is 3.49. The van der Waals surface area contributed by atoms with Crippen molar-refractivity contribution < 1.29 is 9.59 Å². The number of carbonyl (C=O) groups excluding carboxylic acids is 2. The third-order valence-electron chi connectivity index (χ3n) is 3.87. The predicted molar refractivity (Wildman–Crippen MR) is 88.0 cm³/mol. The lowest BCUT2D eigenvalue weighted by molar-refractivity contribution is -0.117. The minimum absolute atomic E-state index is 0.428. The van der Waals surface area contributed by atoms with Gasteiger partial charge in [-0.2, -0.15) is 0 Å². The molecule has 5 heteroatoms. The quantitative estimate of drug-likeness (QED) is 0.446. The van der Waals surface area contributed by atoms with E-state index in [-0.39, 0.29) is 0 Å². The number of nitrogens with one attached hydrogen (secondary N) is 2. The molecule has 118 valence electrons. The first-order chi connectivity index (χ1) is 10.7. The number of para-hydroxylation sites is 1. The maximum Gasteiger partial charge on any atom is 0.292 e. The molecule has 1 amide bonds. The van der Waals surface area contributed by atoms with Crippen LogP contribution in [-0.4, -0.2) is 47.8 Å². The van der Waals surface area contributed by atoms with Crippen LogP contribution in [0.25, 0.3) is 10.9 Å². The van der Waals surface area contributed by atoms with E-state index in [1.165, 1.54) is 0 Å². The maximum atomic E-state index is 12.2. The summed E-state index contributed by atoms with van der Waals surface area (Å²) in [5.74, 6) is -1.02. The number of Topliss-reactive ketones (excluding diaryl/α,β-unsaturated/α-hetero) is 1. The highest BCUT2D eigenvalue weighted by molar-refractivity contribution is 6.44. The Morgan fingerprint density at radius 1 is 1.18 bits per heavy atom. The van der Waals surface area contributed by atoms with Gasteiger partial charge in [0.2, 0.25) is 0 Å². The van der Waals surface area contributed by atoms with Crippen molar-refractivity contribution in [1.82, 2.24) is 15.2 Å². The molecule has 1 heterocycles. The third-order valence-corrected chi connectivity index (χ3v) is 3.87. The van der Waals surface area contributed by atoms with Gasteiger partial charge in [-0.15, -0.1) is 0 Å². The Bertz CT molecular complexity index is 644. The van der Waals surface area contributed by atoms with E-state index in [2.05, 4.69) is 29.0 Å². The van der Waals surface area contributed by atoms with E-state index >= 15 is 0 Å². The molecule has 0 saturated carbocycles. The van der Waals surface area contributed by atoms with E-state index in [0.29, 0.717) is 12.1 Å². The molecule has 0 aliphatic carbocycles. The molecule has 0 unspecified atom stereocenters. The molecule has 0 atom stereocenters. The summed E-state index contributed by atoms with van der Waals surface area (Å²) in [6.07, 6.45) is 2.44. The summed E-state index contributed by atoms with van der Waals surface area (Å²) in [7, 11) is 0. The Labute approximate surface area is 130 Å². The Hall–Kier alpha value is -2.14. The van der Waals surface area contributed by atoms with Crippen molar-refractivity contribution in [3.8, 4) is 0 Å². The van der Waals surface area contributed by atoms with E-state index in [1.54, 1.807) is 6.20 Å². The van der Waals surface area contributed by atoms with Crippen molar-refractivity contribution in [3.63, 3.8) is 0 Å². The Balaban J connectivity index is 1.89. The van der Waals surface area contributed by atoms with Crippen LogP contribution >= 0.6 is 0 Å². The number of rotatable bonds is 8. The van der Waals surface area contributed by atoms with Crippen molar-refractivity contribution in [2.24, 2.45) is 0 Å². The standard InChI is InChI=1S/C17H23N3O2/c1-3-20(4-2)11-7-10-18-17(22)16(21)14-12-19-15-9-6-5-8-13(14)15/h5-6,8-9,12,19H,3-4,7,10-11H2,1-2H3,(H,18,22). The lowest BCUT2D eigenvalue weighted by Gasteiger charge is -2.17. The average Bonchev–Trinajstić information content (AvgIpc) is 2.98. The number of fused-ring (bicyclic) bond motifs is 1. The fourth-order valence-electron chi connectivity index (χ4n) is 2.51. The Morgan fingerprint density at radius 3 is 2.64 bits per heavy atom. The molecule has 0 fully saturated rings. The van der Waals surface area contributed by atoms with Gasteiger partial charge >= 0.3 is 0 Å². The first-order valence-corrected chi connectivity index (χ1v) is 7.78. The zero-order chi connectivity index (χ0) is 15.9. The summed E-state index contributed by atoms with van der Waals surface area (Å²) in [5.41, 5.74) is 1.29. The minimum Gasteiger partial charge on any atom is -0.360 e. The van der Waals surface area contributed by atoms with Crippen molar-refractivity contribution in [2.45, 2.75) is 20.3 Å². The van der Waals surface area contributed by atoms with Crippen molar-refractivity contribution in [1.29, 1.82) is 0 Å². The normalized spacial score (nSPS) is 11.0. The number of nitrogens with zero attached hydrogens (tertiary/aromatic N) is 1. The molecule has 1 aromatic carbocycles. The molecule has 5 nitrogen and oxygen atoms in total. The van der Waals surface area contributed by atoms with Gasteiger partial charge in [-0.25, -0.2) is 0 Å². The van der Waals surface area contributed by atoms with Crippen LogP contribution in [0.1, 0.15) is 30.6 Å². The van der Waals surface area contributed by atoms with Gasteiger partial charge in [0, 0.05) is 23.6 Å². The highest BCUT2D eigenvalue weighted by atomic mass is 16.2. The van der Waals surface area contributed by atoms with Gasteiger partial charge in [-0.1, -0.05) is 32.0 Å². The van der Waals surface area contributed by atoms with Crippen LogP contribution in [0.3, 0.4) is 0 Å². The topological polar surface area (TPSA) is 65.2 Å². The predicted octanol–water partition coefficient (Wildman–Crippen LogP) is 2.20. The molecular formula is C17H23N3O2. The van der Waals surface area contributed by atoms with Gasteiger partial charge in [0.05, 0.1) is 5.56 Å². The number of H-pyrrole nitrogens is 1. The van der Waals surface area contributed by atoms with Gasteiger partial charge in [0.1, 0.15) is 0 Å². The maximum absolute atomic E-state index is 12.2. The zero-order valence-electron chi connectivity index (χ0n) is 13.2. The monoisotopic (exact) mass is 301 g/mol. The molecule has 1 aromatic heterocycles. The zero-order valence-corrected chi connectivity index (χ0v) is 13.2. The summed E-state index contributed by atoms with van der Waals surface area (Å²) < 4.78 is 0. The van der Waals surface area contributed by atoms with Gasteiger partial charge in [-0.3, -0.25) is 9.59 Å². The van der Waals surface area contributed by atoms with Gasteiger partial charge in [0.15, 0.2) is 0 Å². The molecule has 0 radical (unpaired) electrons. The molecule has 22 heavy (non-hydrogen) atoms. The number of ketones is 1. The SMILES string of the molecule is CCN(CC)CCCNC(=O)C(=O)c1c[nH]c2ccccc12. The molecule has 0 saturated heterocycles. The molecule has 0 aliphatic heterocycles. The number of amides is 1. The summed E-state index contributed by atoms with van der Waals surface area (Å²) >= 11 is 0. The van der Waals surface area contributed by atoms with Crippen LogP contribution in [0.4, 0.5) is 0 Å². The molecule has 0 bridgehead atoms. The van der Waals surface area contributed by atoms with Crippen molar-refractivity contribution >= 4 is 22.6 Å². The first-order valence-electron chi connectivity index (χ1n) is 7.78. The molecule has 2 N–H and O–H groups in total. The summed E-state index contributed by atoms with van der Waals surface area (Å²) in [6.45, 7) is 7.67. The highest BCUT2D eigenvalue weighted by Gasteiger charge is 2.19. The smallest absolute Gasteiger partial charge is 0.292 e. The summed E-state index contributed by atoms with van der Waals surface area (Å²) in [4.78, 5) is 29.5. The highest BCUT2D eigenvalue weighted by Crippen LogP contribution is 2.17. The van der Waals surface area contributed by atoms with E-state index < -0.39 is 11.7 Å². The molecule has 0 spiro atoms. The van der Waals surface area contributed by atoms with Crippen LogP contribution in [0.2, 0.25) is 0 Å². The number of hydrogen-bond acceptors (Lipinski definition) is 3. The van der Waals surface area contributed by atoms with E-state index in [4.69, 9.17) is 0 Å². The van der Waals surface area contributed by atoms with E-state index in [0.717, 1.165) is 37.0 Å². The number of hydrogen-bond donors (Lipinski definition) is 2. The first kappa shape index (κ1) is 16.2. The number of aromatic nitrogens is 1. The third kappa shape index (κ3) is 3.74. The minimum atomic E-state index is -0.538. The average molecular weight is 301 g/mol. The fraction of sp³-hybridized carbons (Fsp3) is 0.412. The summed E-state index contributed by atoms with van der Waals surface area (Å²) in [6, 6.07) is 7.47. The van der Waals surface area contributed by atoms with Crippen LogP contribution in [0.5, 0.6) is 0 Å². The second-order valence-electron chi connectivity index (χ2n) is 5.21. The van der Waals surface area contributed by atoms with Crippen LogP contribution in [-0.2, 0) is 4.79 Å². The van der Waals surface area contributed by atoms with Crippen LogP contribution in [0.15, 0.2) is 30.5 Å². The Kier molecular flexibility index (Phi) is 5.72. The fourth-order valence-corrected chi connectivity index (χ4v) is 2.51. The van der Waals surface area contributed by atoms with Gasteiger partial charge in [-0.05, 0) is 32.1 Å². The second kappa shape index (κ2) is 7.75. The van der Waals surface area contributed by atoms with Crippen molar-refractivity contribution in [2.75, 3.05) is 26.2 Å². The van der Waals surface area contributed by atoms with Crippen molar-refractivity contribution in [3.05, 3.63) is 36.0 Å². The van der Waals surface area contributed by atoms with E-state index in [9.17, 15) is 9.59 Å². The van der Waals surface area contributed by atoms with Gasteiger partial charge < -0.3 is 15.2 Å². The lowest BCUT2D eigenvalue weighted by Crippen LogP contribution is -2.34. The lowest BCUT2D eigenvalue weighted by atomic mass is 10.1. The van der Waals surface area contributed by atoms with Crippen LogP contribution < -0.4 is 5.32 Å². The largest absolute Gasteiger partial charge is 0.360 e. The van der Waals surface area contributed by atoms with E-state index in [1.807, 2.05) is 24.3 Å². The molecule has 2 aromatic rings. The second-order valence-corrected chi connectivity index (χ2v) is 5.21. The number of carbonyl (C=O) groups is 2. The number of aromatic amines is 1.